The molecule has 1 aliphatic carbocycles. The zero-order valence-corrected chi connectivity index (χ0v) is 17.6. The first-order chi connectivity index (χ1) is 14.5. The SMILES string of the molecule is CN1C(=O)C(C2Cc3ccccc3CC23C(=O)N(C)C(=O)N(C)C3=O)C(=O)N(C)C1=O. The second kappa shape index (κ2) is 6.73. The average molecular weight is 426 g/mol. The van der Waals surface area contributed by atoms with Crippen molar-refractivity contribution in [3.05, 3.63) is 35.4 Å². The van der Waals surface area contributed by atoms with Crippen molar-refractivity contribution in [1.82, 2.24) is 19.6 Å². The zero-order chi connectivity index (χ0) is 22.8. The number of nitrogens with zero attached hydrogens (tertiary/aromatic N) is 4. The first-order valence-corrected chi connectivity index (χ1v) is 9.80. The van der Waals surface area contributed by atoms with Crippen LogP contribution in [0, 0.1) is 17.3 Å². The molecule has 8 amide bonds. The quantitative estimate of drug-likeness (QED) is 0.589. The summed E-state index contributed by atoms with van der Waals surface area (Å²) >= 11 is 0. The van der Waals surface area contributed by atoms with E-state index in [2.05, 4.69) is 0 Å². The molecule has 162 valence electrons. The molecule has 0 saturated carbocycles. The normalized spacial score (nSPS) is 24.5. The molecule has 10 heteroatoms. The third-order valence-corrected chi connectivity index (χ3v) is 6.78. The lowest BCUT2D eigenvalue weighted by molar-refractivity contribution is -0.168. The smallest absolute Gasteiger partial charge is 0.273 e. The second-order valence-corrected chi connectivity index (χ2v) is 8.29. The maximum atomic E-state index is 13.5. The Labute approximate surface area is 178 Å². The molecule has 2 fully saturated rings. The van der Waals surface area contributed by atoms with E-state index in [1.807, 2.05) is 6.07 Å². The molecule has 2 aliphatic heterocycles. The predicted octanol–water partition coefficient (Wildman–Crippen LogP) is 0.105. The van der Waals surface area contributed by atoms with Crippen LogP contribution in [0.5, 0.6) is 0 Å². The van der Waals surface area contributed by atoms with Crippen molar-refractivity contribution in [2.45, 2.75) is 12.8 Å². The third-order valence-electron chi connectivity index (χ3n) is 6.78. The lowest BCUT2D eigenvalue weighted by atomic mass is 9.57. The molecule has 1 aromatic carbocycles. The van der Waals surface area contributed by atoms with Crippen molar-refractivity contribution in [3.8, 4) is 0 Å². The fourth-order valence-corrected chi connectivity index (χ4v) is 5.01. The first-order valence-electron chi connectivity index (χ1n) is 9.80. The van der Waals surface area contributed by atoms with Gasteiger partial charge in [-0.05, 0) is 24.0 Å². The molecule has 0 radical (unpaired) electrons. The van der Waals surface area contributed by atoms with Crippen LogP contribution in [0.3, 0.4) is 0 Å². The van der Waals surface area contributed by atoms with Gasteiger partial charge in [-0.1, -0.05) is 24.3 Å². The Bertz CT molecular complexity index is 1020. The minimum absolute atomic E-state index is 0.0497. The molecule has 1 spiro atoms. The Morgan fingerprint density at radius 1 is 0.710 bits per heavy atom. The fourth-order valence-electron chi connectivity index (χ4n) is 5.01. The average Bonchev–Trinajstić information content (AvgIpc) is 2.77. The summed E-state index contributed by atoms with van der Waals surface area (Å²) in [7, 11) is 5.07. The minimum Gasteiger partial charge on any atom is -0.273 e. The molecular formula is C21H22N4O6. The van der Waals surface area contributed by atoms with E-state index >= 15 is 0 Å². The van der Waals surface area contributed by atoms with Crippen LogP contribution in [0.1, 0.15) is 11.1 Å². The standard InChI is InChI=1S/C21H22N4O6/c1-22-15(26)14(16(27)23(2)19(22)30)13-9-11-7-5-6-8-12(11)10-21(13)17(28)24(3)20(31)25(4)18(21)29/h5-8,13-14H,9-10H2,1-4H3. The van der Waals surface area contributed by atoms with Crippen LogP contribution < -0.4 is 0 Å². The maximum absolute atomic E-state index is 13.5. The van der Waals surface area contributed by atoms with Crippen LogP contribution >= 0.6 is 0 Å². The van der Waals surface area contributed by atoms with E-state index in [0.717, 1.165) is 30.7 Å². The van der Waals surface area contributed by atoms with Gasteiger partial charge in [-0.3, -0.25) is 38.8 Å². The Kier molecular flexibility index (Phi) is 4.49. The van der Waals surface area contributed by atoms with Gasteiger partial charge in [0.05, 0.1) is 0 Å². The van der Waals surface area contributed by atoms with E-state index in [0.29, 0.717) is 0 Å². The van der Waals surface area contributed by atoms with Crippen molar-refractivity contribution >= 4 is 35.7 Å². The van der Waals surface area contributed by atoms with Gasteiger partial charge in [0.15, 0.2) is 0 Å². The molecular weight excluding hydrogens is 404 g/mol. The van der Waals surface area contributed by atoms with Gasteiger partial charge in [0, 0.05) is 34.1 Å². The second-order valence-electron chi connectivity index (χ2n) is 8.29. The van der Waals surface area contributed by atoms with Crippen molar-refractivity contribution in [2.24, 2.45) is 17.3 Å². The zero-order valence-electron chi connectivity index (χ0n) is 17.6. The topological polar surface area (TPSA) is 115 Å². The fraction of sp³-hybridized carbons (Fsp3) is 0.429. The summed E-state index contributed by atoms with van der Waals surface area (Å²) in [4.78, 5) is 81.2. The summed E-state index contributed by atoms with van der Waals surface area (Å²) in [6.07, 6.45) is 0.0491. The molecule has 10 nitrogen and oxygen atoms in total. The van der Waals surface area contributed by atoms with E-state index in [1.54, 1.807) is 18.2 Å². The number of rotatable bonds is 1. The Balaban J connectivity index is 1.94. The van der Waals surface area contributed by atoms with Crippen molar-refractivity contribution in [3.63, 3.8) is 0 Å². The van der Waals surface area contributed by atoms with Gasteiger partial charge in [0.25, 0.3) is 0 Å². The Hall–Kier alpha value is -3.56. The van der Waals surface area contributed by atoms with Crippen molar-refractivity contribution in [1.29, 1.82) is 0 Å². The van der Waals surface area contributed by atoms with E-state index in [-0.39, 0.29) is 12.8 Å². The molecule has 1 atom stereocenters. The van der Waals surface area contributed by atoms with Gasteiger partial charge >= 0.3 is 12.1 Å². The Morgan fingerprint density at radius 2 is 1.16 bits per heavy atom. The molecule has 2 heterocycles. The number of amides is 8. The number of urea groups is 2. The third kappa shape index (κ3) is 2.57. The molecule has 0 N–H and O–H groups in total. The van der Waals surface area contributed by atoms with Gasteiger partial charge in [-0.15, -0.1) is 0 Å². The summed E-state index contributed by atoms with van der Waals surface area (Å²) in [6.45, 7) is 0. The molecule has 1 aromatic rings. The summed E-state index contributed by atoms with van der Waals surface area (Å²) in [5.41, 5.74) is -0.266. The number of imide groups is 4. The first kappa shape index (κ1) is 20.7. The molecule has 1 unspecified atom stereocenters. The highest BCUT2D eigenvalue weighted by Crippen LogP contribution is 2.49. The van der Waals surface area contributed by atoms with E-state index in [9.17, 15) is 28.8 Å². The summed E-state index contributed by atoms with van der Waals surface area (Å²) in [6, 6.07) is 5.64. The van der Waals surface area contributed by atoms with E-state index in [1.165, 1.54) is 28.2 Å². The molecule has 2 saturated heterocycles. The van der Waals surface area contributed by atoms with E-state index < -0.39 is 52.9 Å². The largest absolute Gasteiger partial charge is 0.332 e. The van der Waals surface area contributed by atoms with Gasteiger partial charge in [0.1, 0.15) is 11.3 Å². The number of fused-ring (bicyclic) bond motifs is 1. The lowest BCUT2D eigenvalue weighted by Crippen LogP contribution is -2.70. The number of hydrogen-bond acceptors (Lipinski definition) is 6. The van der Waals surface area contributed by atoms with Crippen LogP contribution in [0.4, 0.5) is 9.59 Å². The molecule has 4 rings (SSSR count). The highest BCUT2D eigenvalue weighted by atomic mass is 16.2. The molecule has 0 bridgehead atoms. The number of carbonyl (C=O) groups is 6. The van der Waals surface area contributed by atoms with Gasteiger partial charge in [0.2, 0.25) is 23.6 Å². The van der Waals surface area contributed by atoms with Crippen LogP contribution in [0.15, 0.2) is 24.3 Å². The number of barbiturate groups is 2. The minimum atomic E-state index is -1.82. The maximum Gasteiger partial charge on any atom is 0.332 e. The lowest BCUT2D eigenvalue weighted by Gasteiger charge is -2.51. The highest BCUT2D eigenvalue weighted by Gasteiger charge is 2.65. The van der Waals surface area contributed by atoms with Crippen LogP contribution in [0.2, 0.25) is 0 Å². The van der Waals surface area contributed by atoms with Gasteiger partial charge < -0.3 is 0 Å². The number of benzene rings is 1. The number of carbonyl (C=O) groups excluding carboxylic acids is 6. The van der Waals surface area contributed by atoms with Gasteiger partial charge in [-0.2, -0.15) is 0 Å². The Morgan fingerprint density at radius 3 is 1.68 bits per heavy atom. The highest BCUT2D eigenvalue weighted by molar-refractivity contribution is 6.21. The predicted molar refractivity (Wildman–Crippen MR) is 105 cm³/mol. The summed E-state index contributed by atoms with van der Waals surface area (Å²) in [5.74, 6) is -5.49. The molecule has 3 aliphatic rings. The monoisotopic (exact) mass is 426 g/mol. The van der Waals surface area contributed by atoms with Crippen LogP contribution in [-0.4, -0.2) is 83.5 Å². The summed E-state index contributed by atoms with van der Waals surface area (Å²) in [5, 5.41) is 0. The number of hydrogen-bond donors (Lipinski definition) is 0. The van der Waals surface area contributed by atoms with E-state index in [4.69, 9.17) is 0 Å². The molecule has 31 heavy (non-hydrogen) atoms. The van der Waals surface area contributed by atoms with Crippen LogP contribution in [0.25, 0.3) is 0 Å². The molecule has 0 aromatic heterocycles. The van der Waals surface area contributed by atoms with Gasteiger partial charge in [-0.25, -0.2) is 9.59 Å². The van der Waals surface area contributed by atoms with Crippen molar-refractivity contribution in [2.75, 3.05) is 28.2 Å². The summed E-state index contributed by atoms with van der Waals surface area (Å²) < 4.78 is 0. The van der Waals surface area contributed by atoms with Crippen molar-refractivity contribution < 1.29 is 28.8 Å². The van der Waals surface area contributed by atoms with Crippen LogP contribution in [-0.2, 0) is 32.0 Å².